The van der Waals surface area contributed by atoms with E-state index in [0.29, 0.717) is 23.9 Å². The Morgan fingerprint density at radius 2 is 1.82 bits per heavy atom. The molecule has 28 heavy (non-hydrogen) atoms. The summed E-state index contributed by atoms with van der Waals surface area (Å²) >= 11 is 0. The second-order valence-electron chi connectivity index (χ2n) is 7.03. The van der Waals surface area contributed by atoms with Crippen LogP contribution in [0.15, 0.2) is 59.0 Å². The number of aromatic nitrogens is 2. The van der Waals surface area contributed by atoms with Gasteiger partial charge in [0.15, 0.2) is 0 Å². The van der Waals surface area contributed by atoms with Gasteiger partial charge in [0.2, 0.25) is 17.7 Å². The van der Waals surface area contributed by atoms with Crippen molar-refractivity contribution in [2.24, 2.45) is 0 Å². The molecule has 0 aliphatic carbocycles. The van der Waals surface area contributed by atoms with Crippen LogP contribution in [0.5, 0.6) is 0 Å². The highest BCUT2D eigenvalue weighted by atomic mass is 19.1. The summed E-state index contributed by atoms with van der Waals surface area (Å²) in [6, 6.07) is 15.7. The van der Waals surface area contributed by atoms with Gasteiger partial charge in [-0.25, -0.2) is 4.39 Å². The Morgan fingerprint density at radius 3 is 2.64 bits per heavy atom. The fourth-order valence-electron chi connectivity index (χ4n) is 3.64. The van der Waals surface area contributed by atoms with Crippen molar-refractivity contribution in [1.82, 2.24) is 15.1 Å². The molecule has 1 unspecified atom stereocenters. The lowest BCUT2D eigenvalue weighted by atomic mass is 10.1. The molecule has 0 radical (unpaired) electrons. The first-order valence-electron chi connectivity index (χ1n) is 9.64. The number of halogens is 1. The first-order valence-corrected chi connectivity index (χ1v) is 9.64. The van der Waals surface area contributed by atoms with Crippen LogP contribution in [-0.4, -0.2) is 27.5 Å². The molecule has 144 valence electrons. The molecule has 1 fully saturated rings. The lowest BCUT2D eigenvalue weighted by Gasteiger charge is -2.27. The lowest BCUT2D eigenvalue weighted by Crippen LogP contribution is -2.36. The van der Waals surface area contributed by atoms with Gasteiger partial charge in [0, 0.05) is 12.1 Å². The quantitative estimate of drug-likeness (QED) is 0.667. The molecule has 1 aliphatic heterocycles. The van der Waals surface area contributed by atoms with E-state index in [9.17, 15) is 9.18 Å². The second kappa shape index (κ2) is 8.33. The largest absolute Gasteiger partial charge is 0.418 e. The number of hydrogen-bond acceptors (Lipinski definition) is 4. The fourth-order valence-corrected chi connectivity index (χ4v) is 3.64. The first kappa shape index (κ1) is 18.3. The van der Waals surface area contributed by atoms with Crippen LogP contribution in [0.1, 0.15) is 43.2 Å². The maximum Gasteiger partial charge on any atom is 0.247 e. The van der Waals surface area contributed by atoms with Gasteiger partial charge in [-0.3, -0.25) is 4.79 Å². The summed E-state index contributed by atoms with van der Waals surface area (Å²) in [7, 11) is 0. The van der Waals surface area contributed by atoms with Crippen LogP contribution >= 0.6 is 0 Å². The highest BCUT2D eigenvalue weighted by molar-refractivity contribution is 5.79. The molecule has 5 nitrogen and oxygen atoms in total. The van der Waals surface area contributed by atoms with Crippen molar-refractivity contribution in [1.29, 1.82) is 0 Å². The highest BCUT2D eigenvalue weighted by Gasteiger charge is 2.31. The molecular weight excluding hydrogens is 357 g/mol. The third-order valence-corrected chi connectivity index (χ3v) is 5.12. The summed E-state index contributed by atoms with van der Waals surface area (Å²) in [4.78, 5) is 14.8. The maximum atomic E-state index is 14.0. The van der Waals surface area contributed by atoms with E-state index in [-0.39, 0.29) is 24.2 Å². The van der Waals surface area contributed by atoms with Gasteiger partial charge < -0.3 is 9.32 Å². The van der Waals surface area contributed by atoms with E-state index < -0.39 is 0 Å². The van der Waals surface area contributed by atoms with E-state index in [1.165, 1.54) is 6.07 Å². The average Bonchev–Trinajstić information content (AvgIpc) is 3.08. The molecule has 2 aromatic carbocycles. The fraction of sp³-hybridized carbons (Fsp3) is 0.318. The zero-order valence-corrected chi connectivity index (χ0v) is 15.6. The summed E-state index contributed by atoms with van der Waals surface area (Å²) in [5, 5.41) is 8.40. The van der Waals surface area contributed by atoms with E-state index in [1.807, 2.05) is 30.3 Å². The van der Waals surface area contributed by atoms with E-state index >= 15 is 0 Å². The minimum Gasteiger partial charge on any atom is -0.418 e. The summed E-state index contributed by atoms with van der Waals surface area (Å²) in [5.74, 6) is 0.423. The van der Waals surface area contributed by atoms with Gasteiger partial charge in [0.25, 0.3) is 0 Å². The monoisotopic (exact) mass is 379 g/mol. The summed E-state index contributed by atoms with van der Waals surface area (Å²) in [5.41, 5.74) is 1.25. The number of benzene rings is 2. The smallest absolute Gasteiger partial charge is 0.247 e. The van der Waals surface area contributed by atoms with Crippen molar-refractivity contribution in [3.8, 4) is 11.5 Å². The van der Waals surface area contributed by atoms with Crippen LogP contribution in [0.4, 0.5) is 4.39 Å². The molecule has 4 rings (SSSR count). The highest BCUT2D eigenvalue weighted by Crippen LogP contribution is 2.31. The van der Waals surface area contributed by atoms with Gasteiger partial charge in [-0.1, -0.05) is 49.2 Å². The third kappa shape index (κ3) is 3.96. The van der Waals surface area contributed by atoms with Crippen LogP contribution in [0.2, 0.25) is 0 Å². The topological polar surface area (TPSA) is 59.2 Å². The average molecular weight is 379 g/mol. The van der Waals surface area contributed by atoms with Gasteiger partial charge >= 0.3 is 0 Å². The predicted octanol–water partition coefficient (Wildman–Crippen LogP) is 4.56. The van der Waals surface area contributed by atoms with E-state index in [4.69, 9.17) is 4.42 Å². The molecule has 1 amide bonds. The standard InChI is InChI=1S/C22H22FN3O2/c23-18-12-7-6-11-17(18)15-20(27)26-14-8-2-5-13-19(26)22-25-24-21(28-22)16-9-3-1-4-10-16/h1,3-4,6-7,9-12,19H,2,5,8,13-15H2. The van der Waals surface area contributed by atoms with Crippen molar-refractivity contribution in [2.45, 2.75) is 38.1 Å². The van der Waals surface area contributed by atoms with Crippen LogP contribution in [0.25, 0.3) is 11.5 Å². The van der Waals surface area contributed by atoms with E-state index in [2.05, 4.69) is 10.2 Å². The molecule has 3 aromatic rings. The Labute approximate surface area is 163 Å². The van der Waals surface area contributed by atoms with Gasteiger partial charge in [-0.15, -0.1) is 10.2 Å². The molecule has 0 spiro atoms. The molecular formula is C22H22FN3O2. The van der Waals surface area contributed by atoms with E-state index in [0.717, 1.165) is 31.2 Å². The number of likely N-dealkylation sites (tertiary alicyclic amines) is 1. The van der Waals surface area contributed by atoms with Gasteiger partial charge in [0.05, 0.1) is 6.42 Å². The third-order valence-electron chi connectivity index (χ3n) is 5.12. The Kier molecular flexibility index (Phi) is 5.46. The van der Waals surface area contributed by atoms with Crippen molar-refractivity contribution >= 4 is 5.91 Å². The zero-order chi connectivity index (χ0) is 19.3. The number of hydrogen-bond donors (Lipinski definition) is 0. The van der Waals surface area contributed by atoms with Gasteiger partial charge in [-0.2, -0.15) is 0 Å². The zero-order valence-electron chi connectivity index (χ0n) is 15.6. The lowest BCUT2D eigenvalue weighted by molar-refractivity contribution is -0.133. The van der Waals surface area contributed by atoms with Crippen molar-refractivity contribution in [3.05, 3.63) is 71.9 Å². The number of nitrogens with zero attached hydrogens (tertiary/aromatic N) is 3. The minimum atomic E-state index is -0.355. The summed E-state index contributed by atoms with van der Waals surface area (Å²) < 4.78 is 19.9. The Balaban J connectivity index is 1.58. The Bertz CT molecular complexity index is 942. The normalized spacial score (nSPS) is 17.3. The maximum absolute atomic E-state index is 14.0. The molecule has 1 aromatic heterocycles. The van der Waals surface area contributed by atoms with Crippen LogP contribution < -0.4 is 0 Å². The van der Waals surface area contributed by atoms with Gasteiger partial charge in [-0.05, 0) is 36.6 Å². The van der Waals surface area contributed by atoms with Crippen LogP contribution in [0, 0.1) is 5.82 Å². The predicted molar refractivity (Wildman–Crippen MR) is 103 cm³/mol. The number of rotatable bonds is 4. The van der Waals surface area contributed by atoms with Crippen LogP contribution in [-0.2, 0) is 11.2 Å². The Morgan fingerprint density at radius 1 is 1.04 bits per heavy atom. The molecule has 1 atom stereocenters. The second-order valence-corrected chi connectivity index (χ2v) is 7.03. The van der Waals surface area contributed by atoms with Crippen molar-refractivity contribution in [2.75, 3.05) is 6.54 Å². The first-order chi connectivity index (χ1) is 13.7. The minimum absolute atomic E-state index is 0.0306. The molecule has 0 bridgehead atoms. The summed E-state index contributed by atoms with van der Waals surface area (Å²) in [6.45, 7) is 0.612. The van der Waals surface area contributed by atoms with Gasteiger partial charge in [0.1, 0.15) is 11.9 Å². The van der Waals surface area contributed by atoms with Crippen LogP contribution in [0.3, 0.4) is 0 Å². The molecule has 0 N–H and O–H groups in total. The Hall–Kier alpha value is -3.02. The SMILES string of the molecule is O=C(Cc1ccccc1F)N1CCCCCC1c1nnc(-c2ccccc2)o1. The number of carbonyl (C=O) groups is 1. The van der Waals surface area contributed by atoms with E-state index in [1.54, 1.807) is 23.1 Å². The molecule has 6 heteroatoms. The summed E-state index contributed by atoms with van der Waals surface area (Å²) in [6.07, 6.45) is 3.73. The molecule has 2 heterocycles. The number of amides is 1. The number of carbonyl (C=O) groups excluding carboxylic acids is 1. The van der Waals surface area contributed by atoms with Crippen molar-refractivity contribution < 1.29 is 13.6 Å². The molecule has 1 saturated heterocycles. The molecule has 1 aliphatic rings. The molecule has 0 saturated carbocycles. The van der Waals surface area contributed by atoms with Crippen molar-refractivity contribution in [3.63, 3.8) is 0 Å².